The van der Waals surface area contributed by atoms with Gasteiger partial charge in [0.15, 0.2) is 0 Å². The lowest BCUT2D eigenvalue weighted by molar-refractivity contribution is 0.0635. The van der Waals surface area contributed by atoms with E-state index in [4.69, 9.17) is 5.73 Å². The Labute approximate surface area is 108 Å². The van der Waals surface area contributed by atoms with Crippen LogP contribution in [0.1, 0.15) is 36.5 Å². The van der Waals surface area contributed by atoms with Gasteiger partial charge in [-0.3, -0.25) is 4.79 Å². The molecule has 0 bridgehead atoms. The van der Waals surface area contributed by atoms with Crippen molar-refractivity contribution in [2.75, 3.05) is 24.6 Å². The first-order valence-electron chi connectivity index (χ1n) is 6.51. The van der Waals surface area contributed by atoms with Crippen LogP contribution in [0.25, 0.3) is 0 Å². The normalized spacial score (nSPS) is 19.7. The number of amides is 1. The van der Waals surface area contributed by atoms with E-state index in [2.05, 4.69) is 12.2 Å². The molecule has 4 heteroatoms. The standard InChI is InChI=1S/C14H21N3O/c1-10-5-3-4-8-17(10)14(18)11-6-7-13(16-2)12(15)9-11/h6-7,9-10,16H,3-5,8,15H2,1-2H3. The minimum atomic E-state index is 0.0940. The van der Waals surface area contributed by atoms with E-state index in [0.29, 0.717) is 17.3 Å². The number of likely N-dealkylation sites (tertiary alicyclic amines) is 1. The third-order valence-electron chi connectivity index (χ3n) is 3.63. The second kappa shape index (κ2) is 5.29. The molecule has 1 aliphatic heterocycles. The third-order valence-corrected chi connectivity index (χ3v) is 3.63. The summed E-state index contributed by atoms with van der Waals surface area (Å²) in [6.45, 7) is 2.97. The largest absolute Gasteiger partial charge is 0.397 e. The van der Waals surface area contributed by atoms with Gasteiger partial charge in [-0.25, -0.2) is 0 Å². The number of carbonyl (C=O) groups excluding carboxylic acids is 1. The van der Waals surface area contributed by atoms with Crippen LogP contribution in [0.4, 0.5) is 11.4 Å². The van der Waals surface area contributed by atoms with Crippen molar-refractivity contribution in [2.45, 2.75) is 32.2 Å². The molecule has 1 atom stereocenters. The molecule has 0 radical (unpaired) electrons. The summed E-state index contributed by atoms with van der Waals surface area (Å²) in [6, 6.07) is 5.79. The van der Waals surface area contributed by atoms with E-state index in [0.717, 1.165) is 25.1 Å². The summed E-state index contributed by atoms with van der Waals surface area (Å²) in [7, 11) is 1.82. The first-order valence-corrected chi connectivity index (χ1v) is 6.51. The molecule has 1 saturated heterocycles. The molecule has 0 saturated carbocycles. The lowest BCUT2D eigenvalue weighted by Gasteiger charge is -2.33. The Balaban J connectivity index is 2.20. The number of hydrogen-bond acceptors (Lipinski definition) is 3. The van der Waals surface area contributed by atoms with E-state index in [1.165, 1.54) is 6.42 Å². The Bertz CT molecular complexity index is 445. The summed E-state index contributed by atoms with van der Waals surface area (Å²) >= 11 is 0. The highest BCUT2D eigenvalue weighted by Crippen LogP contribution is 2.23. The van der Waals surface area contributed by atoms with Gasteiger partial charge in [0.2, 0.25) is 0 Å². The fourth-order valence-corrected chi connectivity index (χ4v) is 2.49. The van der Waals surface area contributed by atoms with Crippen molar-refractivity contribution < 1.29 is 4.79 Å². The molecule has 0 aliphatic carbocycles. The number of rotatable bonds is 2. The van der Waals surface area contributed by atoms with Gasteiger partial charge in [0.05, 0.1) is 11.4 Å². The molecule has 0 spiro atoms. The van der Waals surface area contributed by atoms with Crippen LogP contribution < -0.4 is 11.1 Å². The summed E-state index contributed by atoms with van der Waals surface area (Å²) in [5.74, 6) is 0.0940. The number of nitrogens with one attached hydrogen (secondary N) is 1. The van der Waals surface area contributed by atoms with Crippen molar-refractivity contribution in [1.82, 2.24) is 4.90 Å². The second-order valence-corrected chi connectivity index (χ2v) is 4.90. The van der Waals surface area contributed by atoms with Crippen LogP contribution in [0.15, 0.2) is 18.2 Å². The monoisotopic (exact) mass is 247 g/mol. The van der Waals surface area contributed by atoms with Gasteiger partial charge in [0.25, 0.3) is 5.91 Å². The Morgan fingerprint density at radius 3 is 2.83 bits per heavy atom. The lowest BCUT2D eigenvalue weighted by Crippen LogP contribution is -2.42. The maximum Gasteiger partial charge on any atom is 0.254 e. The van der Waals surface area contributed by atoms with Gasteiger partial charge < -0.3 is 16.0 Å². The zero-order valence-corrected chi connectivity index (χ0v) is 11.1. The molecule has 1 unspecified atom stereocenters. The number of nitrogens with two attached hydrogens (primary N) is 1. The molecule has 4 nitrogen and oxygen atoms in total. The van der Waals surface area contributed by atoms with E-state index in [1.54, 1.807) is 6.07 Å². The van der Waals surface area contributed by atoms with Crippen LogP contribution in [-0.2, 0) is 0 Å². The van der Waals surface area contributed by atoms with Crippen LogP contribution in [0, 0.1) is 0 Å². The minimum absolute atomic E-state index is 0.0940. The summed E-state index contributed by atoms with van der Waals surface area (Å²) in [5, 5.41) is 3.00. The summed E-state index contributed by atoms with van der Waals surface area (Å²) in [5.41, 5.74) is 8.06. The highest BCUT2D eigenvalue weighted by Gasteiger charge is 2.24. The number of piperidine rings is 1. The van der Waals surface area contributed by atoms with Gasteiger partial charge in [-0.2, -0.15) is 0 Å². The lowest BCUT2D eigenvalue weighted by atomic mass is 10.0. The van der Waals surface area contributed by atoms with Crippen molar-refractivity contribution in [3.05, 3.63) is 23.8 Å². The zero-order chi connectivity index (χ0) is 13.1. The van der Waals surface area contributed by atoms with Crippen molar-refractivity contribution in [1.29, 1.82) is 0 Å². The molecular formula is C14H21N3O. The molecule has 1 aromatic carbocycles. The fourth-order valence-electron chi connectivity index (χ4n) is 2.49. The number of nitrogens with zero attached hydrogens (tertiary/aromatic N) is 1. The molecule has 1 aliphatic rings. The maximum atomic E-state index is 12.4. The average molecular weight is 247 g/mol. The Morgan fingerprint density at radius 2 is 2.22 bits per heavy atom. The number of benzene rings is 1. The molecular weight excluding hydrogens is 226 g/mol. The van der Waals surface area contributed by atoms with Gasteiger partial charge in [0, 0.05) is 25.2 Å². The molecule has 2 rings (SSSR count). The van der Waals surface area contributed by atoms with Crippen molar-refractivity contribution in [2.24, 2.45) is 0 Å². The van der Waals surface area contributed by atoms with Crippen LogP contribution in [0.3, 0.4) is 0 Å². The predicted octanol–water partition coefficient (Wildman–Crippen LogP) is 2.33. The summed E-state index contributed by atoms with van der Waals surface area (Å²) in [6.07, 6.45) is 3.40. The first-order chi connectivity index (χ1) is 8.63. The van der Waals surface area contributed by atoms with Gasteiger partial charge in [-0.05, 0) is 44.4 Å². The number of nitrogen functional groups attached to an aromatic ring is 1. The highest BCUT2D eigenvalue weighted by atomic mass is 16.2. The molecule has 98 valence electrons. The average Bonchev–Trinajstić information content (AvgIpc) is 2.38. The SMILES string of the molecule is CNc1ccc(C(=O)N2CCCCC2C)cc1N. The van der Waals surface area contributed by atoms with Gasteiger partial charge in [-0.15, -0.1) is 0 Å². The van der Waals surface area contributed by atoms with Crippen LogP contribution >= 0.6 is 0 Å². The topological polar surface area (TPSA) is 58.4 Å². The van der Waals surface area contributed by atoms with Crippen molar-refractivity contribution in [3.8, 4) is 0 Å². The van der Waals surface area contributed by atoms with Crippen molar-refractivity contribution >= 4 is 17.3 Å². The van der Waals surface area contributed by atoms with E-state index < -0.39 is 0 Å². The number of hydrogen-bond donors (Lipinski definition) is 2. The molecule has 1 amide bonds. The molecule has 1 aromatic rings. The Hall–Kier alpha value is -1.71. The van der Waals surface area contributed by atoms with E-state index in [-0.39, 0.29) is 5.91 Å². The first kappa shape index (κ1) is 12.7. The van der Waals surface area contributed by atoms with E-state index >= 15 is 0 Å². The van der Waals surface area contributed by atoms with Gasteiger partial charge in [-0.1, -0.05) is 0 Å². The summed E-state index contributed by atoms with van der Waals surface area (Å²) < 4.78 is 0. The van der Waals surface area contributed by atoms with Crippen LogP contribution in [0.2, 0.25) is 0 Å². The predicted molar refractivity (Wildman–Crippen MR) is 74.8 cm³/mol. The van der Waals surface area contributed by atoms with Gasteiger partial charge in [0.1, 0.15) is 0 Å². The molecule has 1 heterocycles. The summed E-state index contributed by atoms with van der Waals surface area (Å²) in [4.78, 5) is 14.4. The molecule has 3 N–H and O–H groups in total. The Kier molecular flexibility index (Phi) is 3.75. The third kappa shape index (κ3) is 2.42. The molecule has 1 fully saturated rings. The van der Waals surface area contributed by atoms with E-state index in [1.807, 2.05) is 24.1 Å². The Morgan fingerprint density at radius 1 is 1.44 bits per heavy atom. The quantitative estimate of drug-likeness (QED) is 0.789. The second-order valence-electron chi connectivity index (χ2n) is 4.90. The smallest absolute Gasteiger partial charge is 0.254 e. The minimum Gasteiger partial charge on any atom is -0.397 e. The number of anilines is 2. The highest BCUT2D eigenvalue weighted by molar-refractivity contribution is 5.96. The fraction of sp³-hybridized carbons (Fsp3) is 0.500. The molecule has 18 heavy (non-hydrogen) atoms. The van der Waals surface area contributed by atoms with Crippen molar-refractivity contribution in [3.63, 3.8) is 0 Å². The molecule has 0 aromatic heterocycles. The van der Waals surface area contributed by atoms with Gasteiger partial charge >= 0.3 is 0 Å². The maximum absolute atomic E-state index is 12.4. The number of carbonyl (C=O) groups is 1. The van der Waals surface area contributed by atoms with Crippen LogP contribution in [0.5, 0.6) is 0 Å². The van der Waals surface area contributed by atoms with E-state index in [9.17, 15) is 4.79 Å². The zero-order valence-electron chi connectivity index (χ0n) is 11.1. The van der Waals surface area contributed by atoms with Crippen LogP contribution in [-0.4, -0.2) is 30.4 Å².